The normalized spacial score (nSPS) is 21.8. The Morgan fingerprint density at radius 3 is 2.83 bits per heavy atom. The first-order valence-corrected chi connectivity index (χ1v) is 5.80. The van der Waals surface area contributed by atoms with Gasteiger partial charge in [0.05, 0.1) is 6.04 Å². The summed E-state index contributed by atoms with van der Waals surface area (Å²) in [6, 6.07) is 9.25. The lowest BCUT2D eigenvalue weighted by Crippen LogP contribution is -2.38. The van der Waals surface area contributed by atoms with Gasteiger partial charge in [0, 0.05) is 0 Å². The highest BCUT2D eigenvalue weighted by Crippen LogP contribution is 2.11. The molecule has 18 heavy (non-hydrogen) atoms. The molecule has 0 saturated heterocycles. The molecule has 1 amide bonds. The van der Waals surface area contributed by atoms with Crippen LogP contribution in [0.5, 0.6) is 0 Å². The third kappa shape index (κ3) is 3.58. The van der Waals surface area contributed by atoms with E-state index < -0.39 is 6.09 Å². The zero-order chi connectivity index (χ0) is 12.8. The molecule has 2 atom stereocenters. The van der Waals surface area contributed by atoms with E-state index >= 15 is 0 Å². The summed E-state index contributed by atoms with van der Waals surface area (Å²) in [4.78, 5) is 16.5. The third-order valence-corrected chi connectivity index (χ3v) is 2.66. The first-order valence-electron chi connectivity index (χ1n) is 5.80. The number of nitrogens with one attached hydrogen (secondary N) is 1. The van der Waals surface area contributed by atoms with Gasteiger partial charge in [0.2, 0.25) is 0 Å². The third-order valence-electron chi connectivity index (χ3n) is 2.66. The van der Waals surface area contributed by atoms with E-state index in [1.165, 1.54) is 0 Å². The second-order valence-corrected chi connectivity index (χ2v) is 4.06. The summed E-state index contributed by atoms with van der Waals surface area (Å²) in [5.41, 5.74) is 8.89. The van der Waals surface area contributed by atoms with Gasteiger partial charge in [0.1, 0.15) is 12.7 Å². The molecule has 1 aliphatic rings. The molecule has 5 heteroatoms. The number of amides is 1. The van der Waals surface area contributed by atoms with Crippen molar-refractivity contribution < 1.29 is 14.4 Å². The van der Waals surface area contributed by atoms with E-state index in [-0.39, 0.29) is 18.8 Å². The molecular weight excluding hydrogens is 232 g/mol. The number of benzene rings is 1. The average molecular weight is 248 g/mol. The van der Waals surface area contributed by atoms with Crippen molar-refractivity contribution in [1.29, 1.82) is 0 Å². The fourth-order valence-corrected chi connectivity index (χ4v) is 1.65. The van der Waals surface area contributed by atoms with Gasteiger partial charge in [-0.3, -0.25) is 4.84 Å². The van der Waals surface area contributed by atoms with Gasteiger partial charge in [-0.2, -0.15) is 5.48 Å². The molecular formula is C13H16N2O3. The lowest BCUT2D eigenvalue weighted by atomic mass is 10.2. The van der Waals surface area contributed by atoms with Crippen LogP contribution in [0.1, 0.15) is 12.0 Å². The highest BCUT2D eigenvalue weighted by molar-refractivity contribution is 5.65. The fourth-order valence-electron chi connectivity index (χ4n) is 1.65. The maximum absolute atomic E-state index is 11.4. The number of hydroxylamine groups is 1. The minimum absolute atomic E-state index is 0.181. The van der Waals surface area contributed by atoms with E-state index in [2.05, 4.69) is 5.48 Å². The molecule has 1 aromatic rings. The molecule has 0 unspecified atom stereocenters. The lowest BCUT2D eigenvalue weighted by Gasteiger charge is -2.15. The van der Waals surface area contributed by atoms with E-state index in [1.54, 1.807) is 0 Å². The maximum Gasteiger partial charge on any atom is 0.431 e. The van der Waals surface area contributed by atoms with Gasteiger partial charge in [0.15, 0.2) is 0 Å². The highest BCUT2D eigenvalue weighted by atomic mass is 16.7. The summed E-state index contributed by atoms with van der Waals surface area (Å²) in [5, 5.41) is 0. The summed E-state index contributed by atoms with van der Waals surface area (Å²) in [6.07, 6.45) is 3.64. The molecule has 0 heterocycles. The smallest absolute Gasteiger partial charge is 0.431 e. The summed E-state index contributed by atoms with van der Waals surface area (Å²) in [7, 11) is 0. The van der Waals surface area contributed by atoms with E-state index in [0.717, 1.165) is 5.56 Å². The van der Waals surface area contributed by atoms with Crippen molar-refractivity contribution in [2.24, 2.45) is 5.73 Å². The second kappa shape index (κ2) is 6.18. The zero-order valence-corrected chi connectivity index (χ0v) is 9.91. The van der Waals surface area contributed by atoms with Gasteiger partial charge in [0.25, 0.3) is 0 Å². The van der Waals surface area contributed by atoms with Crippen LogP contribution in [0.2, 0.25) is 0 Å². The quantitative estimate of drug-likeness (QED) is 0.625. The van der Waals surface area contributed by atoms with Crippen molar-refractivity contribution in [3.63, 3.8) is 0 Å². The van der Waals surface area contributed by atoms with Crippen molar-refractivity contribution in [1.82, 2.24) is 5.48 Å². The van der Waals surface area contributed by atoms with Crippen molar-refractivity contribution >= 4 is 6.09 Å². The Morgan fingerprint density at radius 1 is 1.39 bits per heavy atom. The molecule has 0 saturated carbocycles. The van der Waals surface area contributed by atoms with Gasteiger partial charge in [-0.05, 0) is 12.0 Å². The predicted molar refractivity (Wildman–Crippen MR) is 66.4 cm³/mol. The Hall–Kier alpha value is -1.85. The summed E-state index contributed by atoms with van der Waals surface area (Å²) in [5.74, 6) is 0. The van der Waals surface area contributed by atoms with E-state index in [9.17, 15) is 4.79 Å². The molecule has 3 N–H and O–H groups in total. The van der Waals surface area contributed by atoms with Crippen LogP contribution in [0.15, 0.2) is 42.5 Å². The zero-order valence-electron chi connectivity index (χ0n) is 9.91. The van der Waals surface area contributed by atoms with Crippen molar-refractivity contribution in [2.75, 3.05) is 0 Å². The van der Waals surface area contributed by atoms with Crippen LogP contribution in [0.4, 0.5) is 4.79 Å². The number of hydrogen-bond donors (Lipinski definition) is 2. The topological polar surface area (TPSA) is 73.6 Å². The largest absolute Gasteiger partial charge is 0.443 e. The lowest BCUT2D eigenvalue weighted by molar-refractivity contribution is -0.0248. The molecule has 0 aromatic heterocycles. The van der Waals surface area contributed by atoms with Gasteiger partial charge in [-0.1, -0.05) is 42.5 Å². The molecule has 1 aromatic carbocycles. The Kier molecular flexibility index (Phi) is 4.33. The number of rotatable bonds is 4. The number of ether oxygens (including phenoxy) is 1. The highest BCUT2D eigenvalue weighted by Gasteiger charge is 2.21. The molecule has 0 radical (unpaired) electrons. The Bertz CT molecular complexity index is 420. The molecule has 5 nitrogen and oxygen atoms in total. The minimum atomic E-state index is -0.613. The number of carbonyl (C=O) groups excluding carboxylic acids is 1. The van der Waals surface area contributed by atoms with E-state index in [0.29, 0.717) is 6.42 Å². The van der Waals surface area contributed by atoms with Crippen LogP contribution in [0.25, 0.3) is 0 Å². The fraction of sp³-hybridized carbons (Fsp3) is 0.308. The summed E-state index contributed by atoms with van der Waals surface area (Å²) in [6.45, 7) is 0.213. The van der Waals surface area contributed by atoms with Crippen molar-refractivity contribution in [2.45, 2.75) is 25.2 Å². The molecule has 0 spiro atoms. The summed E-state index contributed by atoms with van der Waals surface area (Å²) < 4.78 is 4.99. The van der Waals surface area contributed by atoms with E-state index in [4.69, 9.17) is 15.3 Å². The molecule has 0 fully saturated rings. The molecule has 0 aliphatic heterocycles. The van der Waals surface area contributed by atoms with Crippen molar-refractivity contribution in [3.8, 4) is 0 Å². The van der Waals surface area contributed by atoms with Gasteiger partial charge < -0.3 is 10.5 Å². The van der Waals surface area contributed by atoms with E-state index in [1.807, 2.05) is 42.5 Å². The molecule has 1 aliphatic carbocycles. The number of nitrogens with two attached hydrogens (primary N) is 1. The summed E-state index contributed by atoms with van der Waals surface area (Å²) >= 11 is 0. The second-order valence-electron chi connectivity index (χ2n) is 4.06. The van der Waals surface area contributed by atoms with Crippen LogP contribution in [-0.4, -0.2) is 18.2 Å². The van der Waals surface area contributed by atoms with Crippen LogP contribution in [0, 0.1) is 0 Å². The first-order chi connectivity index (χ1) is 8.75. The minimum Gasteiger partial charge on any atom is -0.443 e. The Balaban J connectivity index is 1.67. The molecule has 2 rings (SSSR count). The van der Waals surface area contributed by atoms with Gasteiger partial charge >= 0.3 is 6.09 Å². The van der Waals surface area contributed by atoms with Crippen LogP contribution >= 0.6 is 0 Å². The van der Waals surface area contributed by atoms with Gasteiger partial charge in [-0.15, -0.1) is 0 Å². The number of hydrogen-bond acceptors (Lipinski definition) is 4. The average Bonchev–Trinajstić information content (AvgIpc) is 2.81. The van der Waals surface area contributed by atoms with Crippen LogP contribution in [0.3, 0.4) is 0 Å². The first kappa shape index (κ1) is 12.6. The number of carbonyl (C=O) groups is 1. The van der Waals surface area contributed by atoms with Crippen LogP contribution < -0.4 is 11.2 Å². The molecule has 0 bridgehead atoms. The van der Waals surface area contributed by atoms with Crippen LogP contribution in [-0.2, 0) is 16.2 Å². The monoisotopic (exact) mass is 248 g/mol. The standard InChI is InChI=1S/C13H16N2O3/c14-11-7-4-8-12(11)18-15-13(16)17-9-10-5-2-1-3-6-10/h1-7,11-12H,8-9,14H2,(H,15,16)/t11-,12-/m1/s1. The Morgan fingerprint density at radius 2 is 2.17 bits per heavy atom. The SMILES string of the molecule is N[C@@H]1C=CC[C@H]1ONC(=O)OCc1ccccc1. The molecule has 96 valence electrons. The predicted octanol–water partition coefficient (Wildman–Crippen LogP) is 1.50. The maximum atomic E-state index is 11.4. The Labute approximate surface area is 106 Å². The van der Waals surface area contributed by atoms with Crippen molar-refractivity contribution in [3.05, 3.63) is 48.0 Å². The van der Waals surface area contributed by atoms with Gasteiger partial charge in [-0.25, -0.2) is 4.79 Å².